The van der Waals surface area contributed by atoms with E-state index in [4.69, 9.17) is 5.73 Å². The molecule has 1 unspecified atom stereocenters. The third-order valence-corrected chi connectivity index (χ3v) is 4.09. The minimum atomic E-state index is -0.692. The molecule has 6 heteroatoms. The number of amides is 1. The van der Waals surface area contributed by atoms with Gasteiger partial charge in [0, 0.05) is 11.5 Å². The van der Waals surface area contributed by atoms with Crippen molar-refractivity contribution in [2.45, 2.75) is 32.2 Å². The second kappa shape index (κ2) is 7.71. The van der Waals surface area contributed by atoms with Crippen LogP contribution in [0.2, 0.25) is 0 Å². The van der Waals surface area contributed by atoms with Crippen molar-refractivity contribution in [3.63, 3.8) is 0 Å². The van der Waals surface area contributed by atoms with Crippen LogP contribution in [0.3, 0.4) is 0 Å². The molecule has 2 rings (SSSR count). The van der Waals surface area contributed by atoms with Crippen molar-refractivity contribution in [3.8, 4) is 0 Å². The quantitative estimate of drug-likeness (QED) is 0.897. The maximum absolute atomic E-state index is 13.7. The Kier molecular flexibility index (Phi) is 6.55. The first-order chi connectivity index (χ1) is 9.54. The Hall–Kier alpha value is -1.20. The smallest absolute Gasteiger partial charge is 0.223 e. The van der Waals surface area contributed by atoms with Crippen LogP contribution in [-0.2, 0) is 4.79 Å². The molecule has 1 aliphatic carbocycles. The van der Waals surface area contributed by atoms with E-state index in [0.717, 1.165) is 19.3 Å². The van der Waals surface area contributed by atoms with Crippen LogP contribution >= 0.6 is 12.4 Å². The monoisotopic (exact) mass is 318 g/mol. The topological polar surface area (TPSA) is 55.1 Å². The van der Waals surface area contributed by atoms with E-state index in [-0.39, 0.29) is 35.7 Å². The number of carbonyl (C=O) groups excluding carboxylic acids is 1. The third-order valence-electron chi connectivity index (χ3n) is 4.09. The number of hydrogen-bond acceptors (Lipinski definition) is 2. The van der Waals surface area contributed by atoms with Gasteiger partial charge in [0.2, 0.25) is 5.91 Å². The normalized spacial score (nSPS) is 22.5. The number of rotatable bonds is 4. The molecule has 0 heterocycles. The number of nitrogens with one attached hydrogen (secondary N) is 1. The molecule has 0 spiro atoms. The molecule has 0 bridgehead atoms. The van der Waals surface area contributed by atoms with Crippen molar-refractivity contribution in [2.24, 2.45) is 17.6 Å². The first kappa shape index (κ1) is 17.9. The number of carbonyl (C=O) groups is 1. The summed E-state index contributed by atoms with van der Waals surface area (Å²) in [5, 5.41) is 2.71. The van der Waals surface area contributed by atoms with Gasteiger partial charge in [-0.05, 0) is 44.4 Å². The molecule has 0 aromatic heterocycles. The Balaban J connectivity index is 0.00000220. The van der Waals surface area contributed by atoms with E-state index in [1.165, 1.54) is 18.2 Å². The zero-order valence-electron chi connectivity index (χ0n) is 11.9. The van der Waals surface area contributed by atoms with E-state index in [1.807, 2.05) is 0 Å². The van der Waals surface area contributed by atoms with Crippen molar-refractivity contribution in [1.82, 2.24) is 5.32 Å². The average Bonchev–Trinajstić information content (AvgIpc) is 2.86. The lowest BCUT2D eigenvalue weighted by molar-refractivity contribution is -0.126. The molecule has 1 saturated carbocycles. The minimum Gasteiger partial charge on any atom is -0.349 e. The van der Waals surface area contributed by atoms with Gasteiger partial charge in [-0.15, -0.1) is 12.4 Å². The predicted octanol–water partition coefficient (Wildman–Crippen LogP) is 2.94. The molecule has 1 aromatic rings. The van der Waals surface area contributed by atoms with E-state index in [1.54, 1.807) is 6.92 Å². The lowest BCUT2D eigenvalue weighted by Crippen LogP contribution is -2.37. The molecule has 0 radical (unpaired) electrons. The van der Waals surface area contributed by atoms with Crippen molar-refractivity contribution >= 4 is 18.3 Å². The van der Waals surface area contributed by atoms with Gasteiger partial charge in [0.25, 0.3) is 0 Å². The Bertz CT molecular complexity index is 478. The SMILES string of the molecule is CC(NC(=O)[C@@H]1CCC[C@@H]1CN)c1c(F)cccc1F.Cl. The summed E-state index contributed by atoms with van der Waals surface area (Å²) in [4.78, 5) is 12.2. The summed E-state index contributed by atoms with van der Waals surface area (Å²) in [5.41, 5.74) is 5.56. The second-order valence-corrected chi connectivity index (χ2v) is 5.40. The molecule has 1 fully saturated rings. The van der Waals surface area contributed by atoms with Crippen molar-refractivity contribution < 1.29 is 13.6 Å². The molecule has 1 amide bonds. The summed E-state index contributed by atoms with van der Waals surface area (Å²) >= 11 is 0. The molecule has 1 aliphatic rings. The van der Waals surface area contributed by atoms with Gasteiger partial charge in [-0.3, -0.25) is 4.79 Å². The highest BCUT2D eigenvalue weighted by Crippen LogP contribution is 2.32. The number of halogens is 3. The lowest BCUT2D eigenvalue weighted by atomic mass is 9.94. The minimum absolute atomic E-state index is 0. The summed E-state index contributed by atoms with van der Waals surface area (Å²) in [7, 11) is 0. The predicted molar refractivity (Wildman–Crippen MR) is 80.0 cm³/mol. The summed E-state index contributed by atoms with van der Waals surface area (Å²) in [6, 6.07) is 3.01. The van der Waals surface area contributed by atoms with Gasteiger partial charge in [-0.2, -0.15) is 0 Å². The van der Waals surface area contributed by atoms with E-state index >= 15 is 0 Å². The molecular weight excluding hydrogens is 298 g/mol. The van der Waals surface area contributed by atoms with Crippen molar-refractivity contribution in [1.29, 1.82) is 0 Å². The zero-order chi connectivity index (χ0) is 14.7. The van der Waals surface area contributed by atoms with Crippen LogP contribution in [0, 0.1) is 23.5 Å². The van der Waals surface area contributed by atoms with Crippen LogP contribution in [-0.4, -0.2) is 12.5 Å². The summed E-state index contributed by atoms with van der Waals surface area (Å²) in [6.45, 7) is 2.06. The largest absolute Gasteiger partial charge is 0.349 e. The van der Waals surface area contributed by atoms with Crippen LogP contribution in [0.4, 0.5) is 8.78 Å². The van der Waals surface area contributed by atoms with Gasteiger partial charge in [0.15, 0.2) is 0 Å². The van der Waals surface area contributed by atoms with E-state index in [0.29, 0.717) is 6.54 Å². The highest BCUT2D eigenvalue weighted by atomic mass is 35.5. The highest BCUT2D eigenvalue weighted by molar-refractivity contribution is 5.85. The number of hydrogen-bond donors (Lipinski definition) is 2. The van der Waals surface area contributed by atoms with Crippen LogP contribution in [0.5, 0.6) is 0 Å². The van der Waals surface area contributed by atoms with Crippen LogP contribution < -0.4 is 11.1 Å². The molecule has 3 N–H and O–H groups in total. The van der Waals surface area contributed by atoms with Gasteiger partial charge in [0.1, 0.15) is 11.6 Å². The molecule has 118 valence electrons. The lowest BCUT2D eigenvalue weighted by Gasteiger charge is -2.21. The van der Waals surface area contributed by atoms with E-state index in [9.17, 15) is 13.6 Å². The standard InChI is InChI=1S/C15H20F2N2O.ClH/c1-9(14-12(16)6-3-7-13(14)17)19-15(20)11-5-2-4-10(11)8-18;/h3,6-7,9-11H,2,4-5,8,18H2,1H3,(H,19,20);1H/t9?,10-,11-;/m1./s1. The zero-order valence-corrected chi connectivity index (χ0v) is 12.8. The fourth-order valence-electron chi connectivity index (χ4n) is 2.98. The second-order valence-electron chi connectivity index (χ2n) is 5.40. The van der Waals surface area contributed by atoms with Gasteiger partial charge in [0.05, 0.1) is 6.04 Å². The molecule has 21 heavy (non-hydrogen) atoms. The fraction of sp³-hybridized carbons (Fsp3) is 0.533. The fourth-order valence-corrected chi connectivity index (χ4v) is 2.98. The van der Waals surface area contributed by atoms with Gasteiger partial charge in [-0.1, -0.05) is 12.5 Å². The summed E-state index contributed by atoms with van der Waals surface area (Å²) in [5.74, 6) is -1.41. The van der Waals surface area contributed by atoms with Crippen LogP contribution in [0.1, 0.15) is 37.8 Å². The van der Waals surface area contributed by atoms with Gasteiger partial charge >= 0.3 is 0 Å². The Morgan fingerprint density at radius 1 is 1.38 bits per heavy atom. The van der Waals surface area contributed by atoms with Gasteiger partial charge < -0.3 is 11.1 Å². The molecule has 1 aromatic carbocycles. The average molecular weight is 319 g/mol. The maximum Gasteiger partial charge on any atom is 0.223 e. The first-order valence-corrected chi connectivity index (χ1v) is 6.99. The number of benzene rings is 1. The van der Waals surface area contributed by atoms with Crippen LogP contribution in [0.25, 0.3) is 0 Å². The molecule has 0 saturated heterocycles. The third kappa shape index (κ3) is 3.92. The van der Waals surface area contributed by atoms with Gasteiger partial charge in [-0.25, -0.2) is 8.78 Å². The molecule has 0 aliphatic heterocycles. The van der Waals surface area contributed by atoms with Crippen molar-refractivity contribution in [3.05, 3.63) is 35.4 Å². The highest BCUT2D eigenvalue weighted by Gasteiger charge is 2.33. The number of nitrogens with two attached hydrogens (primary N) is 1. The summed E-state index contributed by atoms with van der Waals surface area (Å²) < 4.78 is 27.3. The first-order valence-electron chi connectivity index (χ1n) is 6.99. The molecule has 3 nitrogen and oxygen atoms in total. The van der Waals surface area contributed by atoms with Crippen molar-refractivity contribution in [2.75, 3.05) is 6.54 Å². The molecule has 3 atom stereocenters. The van der Waals surface area contributed by atoms with Crippen LogP contribution in [0.15, 0.2) is 18.2 Å². The van der Waals surface area contributed by atoms with E-state index < -0.39 is 17.7 Å². The van der Waals surface area contributed by atoms with E-state index in [2.05, 4.69) is 5.32 Å². The Labute approximate surface area is 129 Å². The molecular formula is C15H21ClF2N2O. The maximum atomic E-state index is 13.7. The summed E-state index contributed by atoms with van der Waals surface area (Å²) in [6.07, 6.45) is 2.71. The Morgan fingerprint density at radius 3 is 2.57 bits per heavy atom. The Morgan fingerprint density at radius 2 is 2.00 bits per heavy atom.